The average Bonchev–Trinajstić information content (AvgIpc) is 2.96. The van der Waals surface area contributed by atoms with Crippen LogP contribution in [0.2, 0.25) is 0 Å². The number of benzene rings is 1. The first-order valence-corrected chi connectivity index (χ1v) is 8.07. The zero-order chi connectivity index (χ0) is 17.1. The first kappa shape index (κ1) is 16.2. The smallest absolute Gasteiger partial charge is 0.255 e. The summed E-state index contributed by atoms with van der Waals surface area (Å²) >= 11 is 0. The second-order valence-electron chi connectivity index (χ2n) is 6.31. The molecular formula is C19H21N3O2. The van der Waals surface area contributed by atoms with Crippen LogP contribution >= 0.6 is 0 Å². The quantitative estimate of drug-likeness (QED) is 0.868. The summed E-state index contributed by atoms with van der Waals surface area (Å²) in [7, 11) is 3.46. The fourth-order valence-electron chi connectivity index (χ4n) is 3.09. The van der Waals surface area contributed by atoms with Crippen molar-refractivity contribution in [3.05, 3.63) is 59.9 Å². The molecule has 0 saturated carbocycles. The summed E-state index contributed by atoms with van der Waals surface area (Å²) in [5.41, 5.74) is 2.31. The average molecular weight is 323 g/mol. The van der Waals surface area contributed by atoms with Gasteiger partial charge in [-0.05, 0) is 36.6 Å². The number of anilines is 1. The minimum atomic E-state index is -0.0534. The maximum Gasteiger partial charge on any atom is 0.255 e. The van der Waals surface area contributed by atoms with Crippen molar-refractivity contribution in [2.45, 2.75) is 12.8 Å². The number of rotatable bonds is 4. The van der Waals surface area contributed by atoms with Gasteiger partial charge in [0.05, 0.1) is 11.3 Å². The van der Waals surface area contributed by atoms with Crippen LogP contribution < -0.4 is 4.90 Å². The Morgan fingerprint density at radius 1 is 1.21 bits per heavy atom. The number of hydrogen-bond donors (Lipinski definition) is 0. The van der Waals surface area contributed by atoms with Gasteiger partial charge < -0.3 is 9.80 Å². The summed E-state index contributed by atoms with van der Waals surface area (Å²) in [5.74, 6) is 0.242. The molecule has 0 spiro atoms. The Balaban J connectivity index is 1.77. The fraction of sp³-hybridized carbons (Fsp3) is 0.316. The lowest BCUT2D eigenvalue weighted by atomic mass is 9.98. The first-order valence-electron chi connectivity index (χ1n) is 8.07. The van der Waals surface area contributed by atoms with Gasteiger partial charge >= 0.3 is 0 Å². The van der Waals surface area contributed by atoms with Crippen molar-refractivity contribution in [3.8, 4) is 0 Å². The van der Waals surface area contributed by atoms with Crippen LogP contribution in [0, 0.1) is 5.92 Å². The van der Waals surface area contributed by atoms with Crippen molar-refractivity contribution in [3.63, 3.8) is 0 Å². The molecular weight excluding hydrogens is 302 g/mol. The van der Waals surface area contributed by atoms with Gasteiger partial charge in [-0.3, -0.25) is 14.6 Å². The molecule has 2 heterocycles. The van der Waals surface area contributed by atoms with Crippen molar-refractivity contribution in [2.75, 3.05) is 25.5 Å². The highest BCUT2D eigenvalue weighted by atomic mass is 16.2. The third-order valence-electron chi connectivity index (χ3n) is 4.28. The number of hydrogen-bond acceptors (Lipinski definition) is 3. The molecule has 1 aliphatic heterocycles. The van der Waals surface area contributed by atoms with E-state index in [1.807, 2.05) is 35.2 Å². The molecule has 1 fully saturated rings. The Bertz CT molecular complexity index is 743. The lowest BCUT2D eigenvalue weighted by molar-refractivity contribution is -0.117. The lowest BCUT2D eigenvalue weighted by Crippen LogP contribution is -2.25. The van der Waals surface area contributed by atoms with Crippen LogP contribution in [-0.4, -0.2) is 42.3 Å². The number of carbonyl (C=O) groups is 2. The van der Waals surface area contributed by atoms with Gasteiger partial charge in [0, 0.05) is 38.9 Å². The SMILES string of the molecule is CN(C)C(=O)c1cccnc1C[C@@H]1CC(=O)N(c2ccccc2)C1. The van der Waals surface area contributed by atoms with E-state index in [0.29, 0.717) is 24.9 Å². The molecule has 124 valence electrons. The van der Waals surface area contributed by atoms with E-state index in [2.05, 4.69) is 4.98 Å². The Morgan fingerprint density at radius 2 is 1.96 bits per heavy atom. The van der Waals surface area contributed by atoms with Crippen LogP contribution in [0.3, 0.4) is 0 Å². The van der Waals surface area contributed by atoms with Gasteiger partial charge in [-0.25, -0.2) is 0 Å². The molecule has 1 aliphatic rings. The molecule has 5 nitrogen and oxygen atoms in total. The third kappa shape index (κ3) is 3.30. The van der Waals surface area contributed by atoms with Gasteiger partial charge in [-0.2, -0.15) is 0 Å². The standard InChI is InChI=1S/C19H21N3O2/c1-21(2)19(24)16-9-6-10-20-17(16)11-14-12-18(23)22(13-14)15-7-4-3-5-8-15/h3-10,14H,11-13H2,1-2H3/t14-/m1/s1. The monoisotopic (exact) mass is 323 g/mol. The molecule has 3 rings (SSSR count). The van der Waals surface area contributed by atoms with E-state index in [1.54, 1.807) is 37.3 Å². The molecule has 0 radical (unpaired) electrons. The first-order chi connectivity index (χ1) is 11.6. The number of pyridine rings is 1. The maximum absolute atomic E-state index is 12.3. The fourth-order valence-corrected chi connectivity index (χ4v) is 3.09. The number of para-hydroxylation sites is 1. The van der Waals surface area contributed by atoms with Gasteiger partial charge in [0.2, 0.25) is 5.91 Å². The highest BCUT2D eigenvalue weighted by Gasteiger charge is 2.31. The van der Waals surface area contributed by atoms with Gasteiger partial charge in [0.1, 0.15) is 0 Å². The number of aromatic nitrogens is 1. The summed E-state index contributed by atoms with van der Waals surface area (Å²) in [5, 5.41) is 0. The Hall–Kier alpha value is -2.69. The van der Waals surface area contributed by atoms with Crippen molar-refractivity contribution in [1.29, 1.82) is 0 Å². The van der Waals surface area contributed by atoms with Crippen LogP contribution in [-0.2, 0) is 11.2 Å². The van der Waals surface area contributed by atoms with Crippen molar-refractivity contribution >= 4 is 17.5 Å². The van der Waals surface area contributed by atoms with Crippen LogP contribution in [0.15, 0.2) is 48.7 Å². The van der Waals surface area contributed by atoms with Gasteiger partial charge in [-0.1, -0.05) is 18.2 Å². The second kappa shape index (κ2) is 6.83. The summed E-state index contributed by atoms with van der Waals surface area (Å²) in [6.07, 6.45) is 2.82. The number of carbonyl (C=O) groups excluding carboxylic acids is 2. The third-order valence-corrected chi connectivity index (χ3v) is 4.28. The van der Waals surface area contributed by atoms with E-state index >= 15 is 0 Å². The highest BCUT2D eigenvalue weighted by molar-refractivity contribution is 5.96. The van der Waals surface area contributed by atoms with E-state index in [1.165, 1.54) is 0 Å². The van der Waals surface area contributed by atoms with Crippen molar-refractivity contribution in [2.24, 2.45) is 5.92 Å². The molecule has 2 aromatic rings. The zero-order valence-corrected chi connectivity index (χ0v) is 14.0. The van der Waals surface area contributed by atoms with Gasteiger partial charge in [0.25, 0.3) is 5.91 Å². The molecule has 0 N–H and O–H groups in total. The maximum atomic E-state index is 12.3. The molecule has 1 aromatic heterocycles. The molecule has 0 aliphatic carbocycles. The van der Waals surface area contributed by atoms with E-state index < -0.39 is 0 Å². The molecule has 1 atom stereocenters. The summed E-state index contributed by atoms with van der Waals surface area (Å²) in [6.45, 7) is 0.662. The zero-order valence-electron chi connectivity index (χ0n) is 14.0. The van der Waals surface area contributed by atoms with Crippen molar-refractivity contribution in [1.82, 2.24) is 9.88 Å². The molecule has 1 saturated heterocycles. The van der Waals surface area contributed by atoms with Crippen LogP contribution in [0.4, 0.5) is 5.69 Å². The van der Waals surface area contributed by atoms with E-state index in [0.717, 1.165) is 11.4 Å². The predicted octanol–water partition coefficient (Wildman–Crippen LogP) is 2.38. The van der Waals surface area contributed by atoms with Crippen LogP contribution in [0.25, 0.3) is 0 Å². The van der Waals surface area contributed by atoms with E-state index in [4.69, 9.17) is 0 Å². The topological polar surface area (TPSA) is 53.5 Å². The van der Waals surface area contributed by atoms with Crippen LogP contribution in [0.5, 0.6) is 0 Å². The Kier molecular flexibility index (Phi) is 4.60. The minimum absolute atomic E-state index is 0.0534. The Morgan fingerprint density at radius 3 is 2.67 bits per heavy atom. The largest absolute Gasteiger partial charge is 0.345 e. The van der Waals surface area contributed by atoms with Crippen molar-refractivity contribution < 1.29 is 9.59 Å². The molecule has 5 heteroatoms. The molecule has 2 amide bonds. The van der Waals surface area contributed by atoms with E-state index in [-0.39, 0.29) is 17.7 Å². The summed E-state index contributed by atoms with van der Waals surface area (Å²) in [4.78, 5) is 32.4. The normalized spacial score (nSPS) is 17.2. The Labute approximate surface area is 141 Å². The predicted molar refractivity (Wildman–Crippen MR) is 92.9 cm³/mol. The minimum Gasteiger partial charge on any atom is -0.345 e. The number of nitrogens with zero attached hydrogens (tertiary/aromatic N) is 3. The van der Waals surface area contributed by atoms with Gasteiger partial charge in [-0.15, -0.1) is 0 Å². The number of amides is 2. The van der Waals surface area contributed by atoms with Gasteiger partial charge in [0.15, 0.2) is 0 Å². The lowest BCUT2D eigenvalue weighted by Gasteiger charge is -2.17. The van der Waals surface area contributed by atoms with E-state index in [9.17, 15) is 9.59 Å². The summed E-state index contributed by atoms with van der Waals surface area (Å²) < 4.78 is 0. The summed E-state index contributed by atoms with van der Waals surface area (Å²) in [6, 6.07) is 13.3. The second-order valence-corrected chi connectivity index (χ2v) is 6.31. The molecule has 24 heavy (non-hydrogen) atoms. The van der Waals surface area contributed by atoms with Crippen LogP contribution in [0.1, 0.15) is 22.5 Å². The molecule has 1 aromatic carbocycles. The molecule has 0 unspecified atom stereocenters. The molecule has 0 bridgehead atoms. The highest BCUT2D eigenvalue weighted by Crippen LogP contribution is 2.27.